The summed E-state index contributed by atoms with van der Waals surface area (Å²) in [6.45, 7) is 0.991. The van der Waals surface area contributed by atoms with Crippen LogP contribution in [0.15, 0.2) is 60.7 Å². The van der Waals surface area contributed by atoms with Gasteiger partial charge in [0, 0.05) is 42.7 Å². The van der Waals surface area contributed by atoms with E-state index in [0.29, 0.717) is 41.7 Å². The molecule has 3 aromatic rings. The van der Waals surface area contributed by atoms with E-state index < -0.39 is 11.7 Å². The van der Waals surface area contributed by atoms with Crippen LogP contribution in [0.4, 0.5) is 4.39 Å². The van der Waals surface area contributed by atoms with Crippen molar-refractivity contribution in [3.8, 4) is 23.0 Å². The summed E-state index contributed by atoms with van der Waals surface area (Å²) >= 11 is 0. The van der Waals surface area contributed by atoms with Gasteiger partial charge in [0.25, 0.3) is 5.91 Å². The van der Waals surface area contributed by atoms with Crippen LogP contribution in [-0.4, -0.2) is 50.8 Å². The number of halogens is 1. The van der Waals surface area contributed by atoms with Gasteiger partial charge in [0.15, 0.2) is 11.5 Å². The third kappa shape index (κ3) is 5.02. The smallest absolute Gasteiger partial charge is 0.253 e. The van der Waals surface area contributed by atoms with Gasteiger partial charge in [-0.05, 0) is 48.0 Å². The maximum Gasteiger partial charge on any atom is 0.253 e. The molecule has 2 aliphatic rings. The van der Waals surface area contributed by atoms with Gasteiger partial charge in [-0.2, -0.15) is 0 Å². The van der Waals surface area contributed by atoms with Crippen molar-refractivity contribution < 1.29 is 32.9 Å². The molecule has 5 rings (SSSR count). The van der Waals surface area contributed by atoms with Crippen molar-refractivity contribution in [1.82, 2.24) is 10.2 Å². The molecule has 37 heavy (non-hydrogen) atoms. The monoisotopic (exact) mass is 506 g/mol. The molecule has 0 bridgehead atoms. The fourth-order valence-corrected chi connectivity index (χ4v) is 4.82. The number of benzene rings is 3. The lowest BCUT2D eigenvalue weighted by molar-refractivity contribution is -0.125. The third-order valence-electron chi connectivity index (χ3n) is 6.78. The highest BCUT2D eigenvalue weighted by Gasteiger charge is 2.41. The van der Waals surface area contributed by atoms with Gasteiger partial charge in [0.05, 0.1) is 20.1 Å². The quantitative estimate of drug-likeness (QED) is 0.526. The van der Waals surface area contributed by atoms with Crippen molar-refractivity contribution in [2.24, 2.45) is 5.92 Å². The molecule has 0 spiro atoms. The second kappa shape index (κ2) is 10.4. The Morgan fingerprint density at radius 3 is 2.51 bits per heavy atom. The molecule has 192 valence electrons. The normalized spacial score (nSPS) is 18.0. The molecule has 2 aliphatic heterocycles. The van der Waals surface area contributed by atoms with Crippen LogP contribution in [0.3, 0.4) is 0 Å². The Hall–Kier alpha value is -4.27. The molecule has 1 saturated heterocycles. The first-order valence-corrected chi connectivity index (χ1v) is 11.9. The second-order valence-electron chi connectivity index (χ2n) is 8.94. The van der Waals surface area contributed by atoms with Gasteiger partial charge in [-0.15, -0.1) is 0 Å². The number of likely N-dealkylation sites (tertiary alicyclic amines) is 1. The van der Waals surface area contributed by atoms with Crippen molar-refractivity contribution in [2.75, 3.05) is 34.1 Å². The van der Waals surface area contributed by atoms with Crippen molar-refractivity contribution >= 4 is 11.8 Å². The van der Waals surface area contributed by atoms with Gasteiger partial charge in [0.1, 0.15) is 17.3 Å². The van der Waals surface area contributed by atoms with Crippen LogP contribution in [0, 0.1) is 11.7 Å². The summed E-state index contributed by atoms with van der Waals surface area (Å²) in [4.78, 5) is 28.4. The highest BCUT2D eigenvalue weighted by atomic mass is 19.1. The molecule has 2 amide bonds. The largest absolute Gasteiger partial charge is 0.497 e. The lowest BCUT2D eigenvalue weighted by atomic mass is 9.87. The Morgan fingerprint density at radius 1 is 0.973 bits per heavy atom. The minimum atomic E-state index is -0.527. The minimum absolute atomic E-state index is 0.177. The fraction of sp³-hybridized carbons (Fsp3) is 0.286. The van der Waals surface area contributed by atoms with Crippen LogP contribution in [-0.2, 0) is 11.3 Å². The Balaban J connectivity index is 1.39. The molecule has 8 nitrogen and oxygen atoms in total. The van der Waals surface area contributed by atoms with Gasteiger partial charge in [-0.25, -0.2) is 4.39 Å². The Morgan fingerprint density at radius 2 is 1.76 bits per heavy atom. The fourth-order valence-electron chi connectivity index (χ4n) is 4.82. The minimum Gasteiger partial charge on any atom is -0.497 e. The zero-order valence-electron chi connectivity index (χ0n) is 20.5. The molecule has 3 aromatic carbocycles. The number of amides is 2. The first-order chi connectivity index (χ1) is 18.0. The number of carbonyl (C=O) groups excluding carboxylic acids is 2. The predicted octanol–water partition coefficient (Wildman–Crippen LogP) is 3.74. The van der Waals surface area contributed by atoms with E-state index in [2.05, 4.69) is 5.32 Å². The number of nitrogens with one attached hydrogen (secondary N) is 1. The molecule has 0 saturated carbocycles. The molecule has 2 atom stereocenters. The van der Waals surface area contributed by atoms with Crippen LogP contribution in [0.1, 0.15) is 27.4 Å². The molecule has 0 unspecified atom stereocenters. The Bertz CT molecular complexity index is 1310. The lowest BCUT2D eigenvalue weighted by Crippen LogP contribution is -2.35. The number of fused-ring (bicyclic) bond motifs is 1. The van der Waals surface area contributed by atoms with Crippen LogP contribution in [0.25, 0.3) is 0 Å². The first-order valence-electron chi connectivity index (χ1n) is 11.9. The number of ether oxygens (including phenoxy) is 4. The standard InChI is InChI=1S/C28H27FN2O6/c1-34-20-8-9-21(25(12-20)35-2)22-14-31(28(33)18-4-6-19(29)7-5-18)15-23(22)27(32)30-13-17-3-10-24-26(11-17)37-16-36-24/h3-12,22-23H,13-16H2,1-2H3,(H,30,32)/t22-,23-/m0/s1. The van der Waals surface area contributed by atoms with Crippen LogP contribution in [0.2, 0.25) is 0 Å². The number of methoxy groups -OCH3 is 2. The van der Waals surface area contributed by atoms with Gasteiger partial charge < -0.3 is 29.2 Å². The van der Waals surface area contributed by atoms with E-state index in [1.807, 2.05) is 30.3 Å². The molecular weight excluding hydrogens is 479 g/mol. The summed E-state index contributed by atoms with van der Waals surface area (Å²) in [7, 11) is 3.13. The number of carbonyl (C=O) groups is 2. The first kappa shape index (κ1) is 24.4. The molecular formula is C28H27FN2O6. The molecule has 0 aromatic heterocycles. The zero-order valence-corrected chi connectivity index (χ0v) is 20.5. The molecule has 1 fully saturated rings. The van der Waals surface area contributed by atoms with E-state index in [1.54, 1.807) is 25.2 Å². The third-order valence-corrected chi connectivity index (χ3v) is 6.78. The SMILES string of the molecule is COc1ccc([C@@H]2CN(C(=O)c3ccc(F)cc3)C[C@@H]2C(=O)NCc2ccc3c(c2)OCO3)c(OC)c1. The molecule has 2 heterocycles. The topological polar surface area (TPSA) is 86.3 Å². The zero-order chi connectivity index (χ0) is 25.9. The Labute approximate surface area is 213 Å². The molecule has 1 N–H and O–H groups in total. The highest BCUT2D eigenvalue weighted by Crippen LogP contribution is 2.40. The Kier molecular flexibility index (Phi) is 6.85. The van der Waals surface area contributed by atoms with E-state index in [9.17, 15) is 14.0 Å². The summed E-state index contributed by atoms with van der Waals surface area (Å²) in [5, 5.41) is 3.01. The van der Waals surface area contributed by atoms with Crippen LogP contribution in [0.5, 0.6) is 23.0 Å². The van der Waals surface area contributed by atoms with E-state index in [0.717, 1.165) is 11.1 Å². The maximum absolute atomic E-state index is 13.5. The van der Waals surface area contributed by atoms with Crippen molar-refractivity contribution in [2.45, 2.75) is 12.5 Å². The summed E-state index contributed by atoms with van der Waals surface area (Å²) in [5.74, 6) is 0.813. The number of hydrogen-bond acceptors (Lipinski definition) is 6. The lowest BCUT2D eigenvalue weighted by Gasteiger charge is -2.21. The van der Waals surface area contributed by atoms with Gasteiger partial charge >= 0.3 is 0 Å². The second-order valence-corrected chi connectivity index (χ2v) is 8.94. The number of rotatable bonds is 7. The molecule has 0 radical (unpaired) electrons. The van der Waals surface area contributed by atoms with Gasteiger partial charge in [-0.3, -0.25) is 9.59 Å². The summed E-state index contributed by atoms with van der Waals surface area (Å²) in [5.41, 5.74) is 2.04. The van der Waals surface area contributed by atoms with E-state index in [1.165, 1.54) is 24.3 Å². The van der Waals surface area contributed by atoms with Crippen molar-refractivity contribution in [3.05, 3.63) is 83.2 Å². The average Bonchev–Trinajstić information content (AvgIpc) is 3.58. The summed E-state index contributed by atoms with van der Waals surface area (Å²) in [6, 6.07) is 16.4. The highest BCUT2D eigenvalue weighted by molar-refractivity contribution is 5.95. The van der Waals surface area contributed by atoms with Gasteiger partial charge in [0.2, 0.25) is 12.7 Å². The number of hydrogen-bond donors (Lipinski definition) is 1. The van der Waals surface area contributed by atoms with Gasteiger partial charge in [-0.1, -0.05) is 12.1 Å². The van der Waals surface area contributed by atoms with Crippen LogP contribution >= 0.6 is 0 Å². The van der Waals surface area contributed by atoms with E-state index >= 15 is 0 Å². The van der Waals surface area contributed by atoms with Crippen molar-refractivity contribution in [1.29, 1.82) is 0 Å². The molecule has 0 aliphatic carbocycles. The van der Waals surface area contributed by atoms with Crippen molar-refractivity contribution in [3.63, 3.8) is 0 Å². The van der Waals surface area contributed by atoms with E-state index in [-0.39, 0.29) is 31.1 Å². The summed E-state index contributed by atoms with van der Waals surface area (Å²) < 4.78 is 35.1. The summed E-state index contributed by atoms with van der Waals surface area (Å²) in [6.07, 6.45) is 0. The molecule has 9 heteroatoms. The van der Waals surface area contributed by atoms with Crippen LogP contribution < -0.4 is 24.3 Å². The maximum atomic E-state index is 13.5. The number of nitrogens with zero attached hydrogens (tertiary/aromatic N) is 1. The predicted molar refractivity (Wildman–Crippen MR) is 132 cm³/mol. The van der Waals surface area contributed by atoms with E-state index in [4.69, 9.17) is 18.9 Å². The average molecular weight is 507 g/mol.